The van der Waals surface area contributed by atoms with Crippen LogP contribution in [0.4, 0.5) is 0 Å². The molecule has 106 valence electrons. The Morgan fingerprint density at radius 1 is 1.25 bits per heavy atom. The van der Waals surface area contributed by atoms with Crippen LogP contribution in [0.1, 0.15) is 27.0 Å². The molecule has 1 heterocycles. The lowest BCUT2D eigenvalue weighted by Crippen LogP contribution is -2.25. The maximum absolute atomic E-state index is 12.3. The largest absolute Gasteiger partial charge is 0.295 e. The van der Waals surface area contributed by atoms with E-state index >= 15 is 0 Å². The van der Waals surface area contributed by atoms with Crippen LogP contribution < -0.4 is 0 Å². The molecular weight excluding hydrogens is 334 g/mol. The van der Waals surface area contributed by atoms with E-state index in [-0.39, 0.29) is 5.78 Å². The Bertz CT molecular complexity index is 621. The fraction of sp³-hybridized carbons (Fsp3) is 0.312. The standard InChI is InChI=1S/C16H18BrNOS/c1-11-4-5-14(6-12(11)2)15(19)9-18(3)8-13-7-16(17)20-10-13/h4-7,10H,8-9H2,1-3H3. The van der Waals surface area contributed by atoms with Crippen LogP contribution in [0.5, 0.6) is 0 Å². The molecule has 1 aromatic heterocycles. The number of benzene rings is 1. The van der Waals surface area contributed by atoms with Crippen molar-refractivity contribution in [2.24, 2.45) is 0 Å². The number of Topliss-reactive ketones (excluding diaryl/α,β-unsaturated/α-hetero) is 1. The summed E-state index contributed by atoms with van der Waals surface area (Å²) in [6, 6.07) is 8.01. The Labute approximate surface area is 132 Å². The van der Waals surface area contributed by atoms with Crippen LogP contribution in [0.25, 0.3) is 0 Å². The van der Waals surface area contributed by atoms with Gasteiger partial charge in [-0.15, -0.1) is 11.3 Å². The van der Waals surface area contributed by atoms with Crippen molar-refractivity contribution in [3.8, 4) is 0 Å². The predicted octanol–water partition coefficient (Wildman–Crippen LogP) is 4.44. The van der Waals surface area contributed by atoms with Crippen LogP contribution in [0.2, 0.25) is 0 Å². The number of aryl methyl sites for hydroxylation is 2. The zero-order valence-corrected chi connectivity index (χ0v) is 14.3. The van der Waals surface area contributed by atoms with E-state index in [1.165, 1.54) is 16.7 Å². The molecule has 0 N–H and O–H groups in total. The molecule has 2 aromatic rings. The summed E-state index contributed by atoms with van der Waals surface area (Å²) in [5.41, 5.74) is 4.42. The fourth-order valence-corrected chi connectivity index (χ4v) is 3.25. The van der Waals surface area contributed by atoms with Crippen LogP contribution >= 0.6 is 27.3 Å². The SMILES string of the molecule is Cc1ccc(C(=O)CN(C)Cc2csc(Br)c2)cc1C. The van der Waals surface area contributed by atoms with Crippen molar-refractivity contribution in [1.82, 2.24) is 4.90 Å². The number of carbonyl (C=O) groups excluding carboxylic acids is 1. The van der Waals surface area contributed by atoms with Gasteiger partial charge in [-0.1, -0.05) is 12.1 Å². The molecule has 0 spiro atoms. The molecule has 0 aliphatic rings. The van der Waals surface area contributed by atoms with Gasteiger partial charge in [0.2, 0.25) is 0 Å². The third-order valence-electron chi connectivity index (χ3n) is 3.32. The van der Waals surface area contributed by atoms with E-state index in [0.717, 1.165) is 15.9 Å². The summed E-state index contributed by atoms with van der Waals surface area (Å²) < 4.78 is 1.13. The zero-order valence-electron chi connectivity index (χ0n) is 11.9. The Morgan fingerprint density at radius 2 is 2.00 bits per heavy atom. The first kappa shape index (κ1) is 15.4. The molecule has 4 heteroatoms. The van der Waals surface area contributed by atoms with Crippen molar-refractivity contribution in [3.05, 3.63) is 55.7 Å². The van der Waals surface area contributed by atoms with Crippen molar-refractivity contribution in [2.45, 2.75) is 20.4 Å². The topological polar surface area (TPSA) is 20.3 Å². The summed E-state index contributed by atoms with van der Waals surface area (Å²) in [4.78, 5) is 14.3. The second kappa shape index (κ2) is 6.66. The van der Waals surface area contributed by atoms with Gasteiger partial charge < -0.3 is 0 Å². The van der Waals surface area contributed by atoms with E-state index in [1.54, 1.807) is 11.3 Å². The third-order valence-corrected chi connectivity index (χ3v) is 4.87. The normalized spacial score (nSPS) is 11.1. The number of halogens is 1. The monoisotopic (exact) mass is 351 g/mol. The summed E-state index contributed by atoms with van der Waals surface area (Å²) in [7, 11) is 1.98. The van der Waals surface area contributed by atoms with E-state index in [0.29, 0.717) is 6.54 Å². The van der Waals surface area contributed by atoms with Crippen molar-refractivity contribution < 1.29 is 4.79 Å². The number of rotatable bonds is 5. The molecule has 0 saturated heterocycles. The van der Waals surface area contributed by atoms with E-state index in [9.17, 15) is 4.79 Å². The molecule has 0 atom stereocenters. The minimum absolute atomic E-state index is 0.171. The van der Waals surface area contributed by atoms with Gasteiger partial charge in [0, 0.05) is 12.1 Å². The molecule has 20 heavy (non-hydrogen) atoms. The Balaban J connectivity index is 1.98. The van der Waals surface area contributed by atoms with Crippen LogP contribution in [0, 0.1) is 13.8 Å². The lowest BCUT2D eigenvalue weighted by atomic mass is 10.0. The molecule has 2 rings (SSSR count). The summed E-state index contributed by atoms with van der Waals surface area (Å²) in [6.07, 6.45) is 0. The molecule has 0 fully saturated rings. The molecule has 0 bridgehead atoms. The number of hydrogen-bond acceptors (Lipinski definition) is 3. The predicted molar refractivity (Wildman–Crippen MR) is 88.6 cm³/mol. The van der Waals surface area contributed by atoms with Gasteiger partial charge in [0.25, 0.3) is 0 Å². The summed E-state index contributed by atoms with van der Waals surface area (Å²) in [6.45, 7) is 5.33. The average Bonchev–Trinajstić information content (AvgIpc) is 2.77. The van der Waals surface area contributed by atoms with E-state index in [1.807, 2.05) is 37.1 Å². The van der Waals surface area contributed by atoms with Crippen LogP contribution in [0.15, 0.2) is 33.4 Å². The number of thiophene rings is 1. The molecule has 1 aromatic carbocycles. The number of likely N-dealkylation sites (N-methyl/N-ethyl adjacent to an activating group) is 1. The van der Waals surface area contributed by atoms with Crippen molar-refractivity contribution >= 4 is 33.0 Å². The highest BCUT2D eigenvalue weighted by atomic mass is 79.9. The Morgan fingerprint density at radius 3 is 2.60 bits per heavy atom. The molecule has 0 aliphatic heterocycles. The summed E-state index contributed by atoms with van der Waals surface area (Å²) in [5, 5.41) is 2.11. The number of carbonyl (C=O) groups is 1. The van der Waals surface area contributed by atoms with Gasteiger partial charge in [-0.25, -0.2) is 0 Å². The minimum Gasteiger partial charge on any atom is -0.295 e. The lowest BCUT2D eigenvalue weighted by Gasteiger charge is -2.15. The van der Waals surface area contributed by atoms with Crippen molar-refractivity contribution in [1.29, 1.82) is 0 Å². The van der Waals surface area contributed by atoms with Crippen molar-refractivity contribution in [2.75, 3.05) is 13.6 Å². The van der Waals surface area contributed by atoms with Gasteiger partial charge in [-0.2, -0.15) is 0 Å². The van der Waals surface area contributed by atoms with Gasteiger partial charge in [-0.3, -0.25) is 9.69 Å². The maximum atomic E-state index is 12.3. The van der Waals surface area contributed by atoms with E-state index in [2.05, 4.69) is 34.3 Å². The second-order valence-corrected chi connectivity index (χ2v) is 7.44. The van der Waals surface area contributed by atoms with Gasteiger partial charge in [-0.05, 0) is 71.0 Å². The van der Waals surface area contributed by atoms with Gasteiger partial charge in [0.15, 0.2) is 5.78 Å². The van der Waals surface area contributed by atoms with Crippen LogP contribution in [-0.4, -0.2) is 24.3 Å². The summed E-state index contributed by atoms with van der Waals surface area (Å²) >= 11 is 5.13. The van der Waals surface area contributed by atoms with Crippen LogP contribution in [0.3, 0.4) is 0 Å². The number of ketones is 1. The first-order chi connectivity index (χ1) is 9.45. The molecule has 2 nitrogen and oxygen atoms in total. The molecule has 0 radical (unpaired) electrons. The molecule has 0 amide bonds. The Hall–Kier alpha value is -0.970. The lowest BCUT2D eigenvalue weighted by molar-refractivity contribution is 0.0943. The number of nitrogens with zero attached hydrogens (tertiary/aromatic N) is 1. The molecular formula is C16H18BrNOS. The molecule has 0 unspecified atom stereocenters. The first-order valence-electron chi connectivity index (χ1n) is 6.47. The summed E-state index contributed by atoms with van der Waals surface area (Å²) in [5.74, 6) is 0.171. The van der Waals surface area contributed by atoms with Crippen LogP contribution in [-0.2, 0) is 6.54 Å². The van der Waals surface area contributed by atoms with Gasteiger partial charge in [0.1, 0.15) is 0 Å². The maximum Gasteiger partial charge on any atom is 0.176 e. The molecule has 0 saturated carbocycles. The van der Waals surface area contributed by atoms with E-state index < -0.39 is 0 Å². The smallest absolute Gasteiger partial charge is 0.176 e. The first-order valence-corrected chi connectivity index (χ1v) is 8.15. The fourth-order valence-electron chi connectivity index (χ4n) is 2.05. The minimum atomic E-state index is 0.171. The zero-order chi connectivity index (χ0) is 14.7. The quantitative estimate of drug-likeness (QED) is 0.742. The van der Waals surface area contributed by atoms with Gasteiger partial charge in [0.05, 0.1) is 10.3 Å². The average molecular weight is 352 g/mol. The van der Waals surface area contributed by atoms with E-state index in [4.69, 9.17) is 0 Å². The highest BCUT2D eigenvalue weighted by Gasteiger charge is 2.11. The highest BCUT2D eigenvalue weighted by Crippen LogP contribution is 2.21. The third kappa shape index (κ3) is 4.01. The van der Waals surface area contributed by atoms with Crippen molar-refractivity contribution in [3.63, 3.8) is 0 Å². The van der Waals surface area contributed by atoms with Gasteiger partial charge >= 0.3 is 0 Å². The second-order valence-electron chi connectivity index (χ2n) is 5.15. The highest BCUT2D eigenvalue weighted by molar-refractivity contribution is 9.11. The molecule has 0 aliphatic carbocycles. The number of hydrogen-bond donors (Lipinski definition) is 0. The Kier molecular flexibility index (Phi) is 5.13.